The van der Waals surface area contributed by atoms with E-state index in [1.807, 2.05) is 12.1 Å². The molecular weight excluding hydrogens is 331 g/mol. The Morgan fingerprint density at radius 1 is 1.47 bits per heavy atom. The van der Waals surface area contributed by atoms with Crippen LogP contribution in [0.5, 0.6) is 5.75 Å². The molecule has 4 heteroatoms. The van der Waals surface area contributed by atoms with Crippen LogP contribution in [0, 0.1) is 15.4 Å². The van der Waals surface area contributed by atoms with Crippen LogP contribution in [0.2, 0.25) is 0 Å². The molecule has 17 heavy (non-hydrogen) atoms. The maximum absolute atomic E-state index is 11.1. The van der Waals surface area contributed by atoms with Gasteiger partial charge in [-0.25, -0.2) is 0 Å². The number of hydrogen-bond acceptors (Lipinski definition) is 2. The van der Waals surface area contributed by atoms with Crippen LogP contribution >= 0.6 is 22.6 Å². The van der Waals surface area contributed by atoms with Crippen LogP contribution in [0.1, 0.15) is 31.2 Å². The minimum absolute atomic E-state index is 0.0235. The third kappa shape index (κ3) is 2.73. The van der Waals surface area contributed by atoms with E-state index in [-0.39, 0.29) is 11.7 Å². The van der Waals surface area contributed by atoms with Crippen molar-refractivity contribution in [2.45, 2.75) is 25.7 Å². The van der Waals surface area contributed by atoms with Gasteiger partial charge in [0.05, 0.1) is 9.49 Å². The van der Waals surface area contributed by atoms with Gasteiger partial charge in [-0.05, 0) is 65.0 Å². The SMILES string of the molecule is CC(C(=O)O)C(c1ccc(I)c(O)c1)C1CC1. The van der Waals surface area contributed by atoms with E-state index >= 15 is 0 Å². The first-order valence-corrected chi connectivity index (χ1v) is 6.79. The summed E-state index contributed by atoms with van der Waals surface area (Å²) in [6, 6.07) is 5.49. The largest absolute Gasteiger partial charge is 0.507 e. The Morgan fingerprint density at radius 3 is 2.59 bits per heavy atom. The van der Waals surface area contributed by atoms with Crippen LogP contribution in [0.3, 0.4) is 0 Å². The molecule has 0 amide bonds. The van der Waals surface area contributed by atoms with Gasteiger partial charge in [-0.1, -0.05) is 13.0 Å². The van der Waals surface area contributed by atoms with Gasteiger partial charge in [-0.2, -0.15) is 0 Å². The summed E-state index contributed by atoms with van der Waals surface area (Å²) < 4.78 is 0.795. The van der Waals surface area contributed by atoms with Gasteiger partial charge in [0.15, 0.2) is 0 Å². The molecule has 0 radical (unpaired) electrons. The van der Waals surface area contributed by atoms with Gasteiger partial charge < -0.3 is 10.2 Å². The second-order valence-electron chi connectivity index (χ2n) is 4.70. The number of phenols is 1. The van der Waals surface area contributed by atoms with Crippen molar-refractivity contribution in [1.82, 2.24) is 0 Å². The first kappa shape index (κ1) is 12.7. The van der Waals surface area contributed by atoms with E-state index in [9.17, 15) is 9.90 Å². The van der Waals surface area contributed by atoms with Gasteiger partial charge in [0.2, 0.25) is 0 Å². The molecule has 0 heterocycles. The quantitative estimate of drug-likeness (QED) is 0.824. The molecule has 1 saturated carbocycles. The van der Waals surface area contributed by atoms with Gasteiger partial charge in [0.25, 0.3) is 0 Å². The van der Waals surface area contributed by atoms with Crippen molar-refractivity contribution in [2.75, 3.05) is 0 Å². The second-order valence-corrected chi connectivity index (χ2v) is 5.86. The van der Waals surface area contributed by atoms with Gasteiger partial charge in [0.1, 0.15) is 5.75 Å². The van der Waals surface area contributed by atoms with E-state index in [1.54, 1.807) is 13.0 Å². The number of phenolic OH excluding ortho intramolecular Hbond substituents is 1. The van der Waals surface area contributed by atoms with Crippen molar-refractivity contribution < 1.29 is 15.0 Å². The fourth-order valence-electron chi connectivity index (χ4n) is 2.32. The van der Waals surface area contributed by atoms with Gasteiger partial charge in [0, 0.05) is 0 Å². The van der Waals surface area contributed by atoms with Crippen LogP contribution in [-0.4, -0.2) is 16.2 Å². The lowest BCUT2D eigenvalue weighted by Gasteiger charge is -2.21. The van der Waals surface area contributed by atoms with E-state index in [1.165, 1.54) is 0 Å². The zero-order valence-corrected chi connectivity index (χ0v) is 11.7. The molecule has 0 aromatic heterocycles. The molecule has 0 bridgehead atoms. The number of halogens is 1. The maximum Gasteiger partial charge on any atom is 0.306 e. The monoisotopic (exact) mass is 346 g/mol. The standard InChI is InChI=1S/C13H15IO3/c1-7(13(16)17)12(8-2-3-8)9-4-5-10(14)11(15)6-9/h4-8,12,15H,2-3H2,1H3,(H,16,17). The Kier molecular flexibility index (Phi) is 3.61. The summed E-state index contributed by atoms with van der Waals surface area (Å²) in [7, 11) is 0. The summed E-state index contributed by atoms with van der Waals surface area (Å²) in [6.45, 7) is 1.75. The van der Waals surface area contributed by atoms with Crippen LogP contribution in [0.15, 0.2) is 18.2 Å². The maximum atomic E-state index is 11.1. The Morgan fingerprint density at radius 2 is 2.12 bits per heavy atom. The topological polar surface area (TPSA) is 57.5 Å². The van der Waals surface area contributed by atoms with Crippen molar-refractivity contribution in [3.8, 4) is 5.75 Å². The molecule has 1 aliphatic carbocycles. The Bertz CT molecular complexity index is 440. The molecule has 2 N–H and O–H groups in total. The Balaban J connectivity index is 2.32. The highest BCUT2D eigenvalue weighted by molar-refractivity contribution is 14.1. The molecule has 2 rings (SSSR count). The second kappa shape index (κ2) is 4.84. The zero-order valence-electron chi connectivity index (χ0n) is 9.56. The van der Waals surface area contributed by atoms with Crippen LogP contribution in [0.25, 0.3) is 0 Å². The molecule has 2 atom stereocenters. The number of carboxylic acids is 1. The lowest BCUT2D eigenvalue weighted by Crippen LogP contribution is -2.20. The minimum Gasteiger partial charge on any atom is -0.507 e. The van der Waals surface area contributed by atoms with Crippen molar-refractivity contribution in [3.63, 3.8) is 0 Å². The predicted octanol–water partition coefficient (Wildman–Crippen LogP) is 3.21. The molecule has 3 nitrogen and oxygen atoms in total. The average molecular weight is 346 g/mol. The number of carbonyl (C=O) groups is 1. The summed E-state index contributed by atoms with van der Waals surface area (Å²) in [6.07, 6.45) is 2.18. The Labute approximate surface area is 114 Å². The molecule has 92 valence electrons. The summed E-state index contributed by atoms with van der Waals surface area (Å²) in [5.41, 5.74) is 0.945. The minimum atomic E-state index is -0.764. The lowest BCUT2D eigenvalue weighted by atomic mass is 9.83. The smallest absolute Gasteiger partial charge is 0.306 e. The first-order chi connectivity index (χ1) is 8.00. The molecule has 1 aromatic carbocycles. The third-order valence-electron chi connectivity index (χ3n) is 3.41. The molecule has 1 fully saturated rings. The number of hydrogen-bond donors (Lipinski definition) is 2. The fourth-order valence-corrected chi connectivity index (χ4v) is 2.65. The van der Waals surface area contributed by atoms with E-state index in [4.69, 9.17) is 5.11 Å². The average Bonchev–Trinajstić information content (AvgIpc) is 3.07. The predicted molar refractivity (Wildman–Crippen MR) is 73.1 cm³/mol. The molecular formula is C13H15IO3. The van der Waals surface area contributed by atoms with Gasteiger partial charge >= 0.3 is 5.97 Å². The lowest BCUT2D eigenvalue weighted by molar-refractivity contribution is -0.142. The molecule has 1 aliphatic rings. The van der Waals surface area contributed by atoms with Gasteiger partial charge in [-0.15, -0.1) is 0 Å². The van der Waals surface area contributed by atoms with E-state index in [0.29, 0.717) is 5.92 Å². The van der Waals surface area contributed by atoms with E-state index < -0.39 is 11.9 Å². The molecule has 2 unspecified atom stereocenters. The summed E-state index contributed by atoms with van der Waals surface area (Å²) in [5, 5.41) is 18.9. The number of benzene rings is 1. The van der Waals surface area contributed by atoms with Crippen molar-refractivity contribution in [1.29, 1.82) is 0 Å². The van der Waals surface area contributed by atoms with Crippen molar-refractivity contribution >= 4 is 28.6 Å². The summed E-state index contributed by atoms with van der Waals surface area (Å²) >= 11 is 2.06. The molecule has 0 aliphatic heterocycles. The van der Waals surface area contributed by atoms with Crippen LogP contribution in [-0.2, 0) is 4.79 Å². The first-order valence-electron chi connectivity index (χ1n) is 5.72. The third-order valence-corrected chi connectivity index (χ3v) is 4.33. The van der Waals surface area contributed by atoms with Crippen LogP contribution < -0.4 is 0 Å². The van der Waals surface area contributed by atoms with Crippen molar-refractivity contribution in [2.24, 2.45) is 11.8 Å². The molecule has 0 saturated heterocycles. The number of carboxylic acid groups (broad SMARTS) is 1. The number of rotatable bonds is 4. The zero-order chi connectivity index (χ0) is 12.6. The highest BCUT2D eigenvalue weighted by atomic mass is 127. The van der Waals surface area contributed by atoms with Crippen LogP contribution in [0.4, 0.5) is 0 Å². The fraction of sp³-hybridized carbons (Fsp3) is 0.462. The normalized spacial score (nSPS) is 18.7. The molecule has 1 aromatic rings. The van der Waals surface area contributed by atoms with Crippen molar-refractivity contribution in [3.05, 3.63) is 27.3 Å². The molecule has 0 spiro atoms. The summed E-state index contributed by atoms with van der Waals surface area (Å²) in [5.74, 6) is -0.441. The van der Waals surface area contributed by atoms with Gasteiger partial charge in [-0.3, -0.25) is 4.79 Å². The Hall–Kier alpha value is -0.780. The van der Waals surface area contributed by atoms with E-state index in [2.05, 4.69) is 22.6 Å². The van der Waals surface area contributed by atoms with E-state index in [0.717, 1.165) is 22.0 Å². The number of aromatic hydroxyl groups is 1. The highest BCUT2D eigenvalue weighted by Gasteiger charge is 2.38. The summed E-state index contributed by atoms with van der Waals surface area (Å²) in [4.78, 5) is 11.1. The highest BCUT2D eigenvalue weighted by Crippen LogP contribution is 2.47. The number of aliphatic carboxylic acids is 1.